The third-order valence-electron chi connectivity index (χ3n) is 5.68. The fourth-order valence-corrected chi connectivity index (χ4v) is 3.93. The third-order valence-corrected chi connectivity index (χ3v) is 5.68. The summed E-state index contributed by atoms with van der Waals surface area (Å²) in [5.41, 5.74) is 7.76. The maximum absolute atomic E-state index is 14.4. The molecule has 3 fully saturated rings. The minimum absolute atomic E-state index is 0.113. The molecule has 2 bridgehead atoms. The Morgan fingerprint density at radius 2 is 2.08 bits per heavy atom. The molecule has 4 heterocycles. The Balaban J connectivity index is 1.61. The Kier molecular flexibility index (Phi) is 3.69. The van der Waals surface area contributed by atoms with E-state index < -0.39 is 5.72 Å². The summed E-state index contributed by atoms with van der Waals surface area (Å²) in [5, 5.41) is 0. The second kappa shape index (κ2) is 5.63. The quantitative estimate of drug-likeness (QED) is 0.933. The molecule has 2 aromatic rings. The van der Waals surface area contributed by atoms with Gasteiger partial charge in [-0.2, -0.15) is 0 Å². The molecule has 6 heteroatoms. The summed E-state index contributed by atoms with van der Waals surface area (Å²) in [6, 6.07) is 3.56. The van der Waals surface area contributed by atoms with Crippen LogP contribution in [-0.2, 0) is 11.2 Å². The SMILES string of the molecule is COc1ccc2ncc(F)c(CCC34CCC(N)(CC3)OC4)c2n1. The number of nitrogens with zero attached hydrogens (tertiary/aromatic N) is 2. The second-order valence-corrected chi connectivity index (χ2v) is 7.16. The van der Waals surface area contributed by atoms with Crippen LogP contribution in [0.1, 0.15) is 37.7 Å². The summed E-state index contributed by atoms with van der Waals surface area (Å²) in [4.78, 5) is 8.54. The summed E-state index contributed by atoms with van der Waals surface area (Å²) in [7, 11) is 1.56. The number of hydrogen-bond donors (Lipinski definition) is 1. The highest BCUT2D eigenvalue weighted by Gasteiger charge is 2.47. The predicted octanol–water partition coefficient (Wildman–Crippen LogP) is 2.96. The van der Waals surface area contributed by atoms with Gasteiger partial charge in [-0.05, 0) is 50.0 Å². The molecule has 5 nitrogen and oxygen atoms in total. The van der Waals surface area contributed by atoms with Gasteiger partial charge in [-0.15, -0.1) is 0 Å². The van der Waals surface area contributed by atoms with E-state index in [1.54, 1.807) is 13.2 Å². The van der Waals surface area contributed by atoms with Gasteiger partial charge in [-0.1, -0.05) is 0 Å². The number of hydrogen-bond acceptors (Lipinski definition) is 5. The molecule has 0 atom stereocenters. The van der Waals surface area contributed by atoms with Crippen LogP contribution in [0, 0.1) is 11.2 Å². The van der Waals surface area contributed by atoms with Gasteiger partial charge in [-0.25, -0.2) is 9.37 Å². The van der Waals surface area contributed by atoms with Crippen molar-refractivity contribution in [3.8, 4) is 5.88 Å². The van der Waals surface area contributed by atoms with Crippen LogP contribution in [0.5, 0.6) is 5.88 Å². The molecule has 0 unspecified atom stereocenters. The highest BCUT2D eigenvalue weighted by Crippen LogP contribution is 2.49. The van der Waals surface area contributed by atoms with Crippen molar-refractivity contribution >= 4 is 11.0 Å². The standard InChI is InChI=1S/C18H22FN3O2/c1-23-15-3-2-14-16(22-15)12(13(19)10-21-14)4-5-17-6-8-18(20,9-7-17)24-11-17/h2-3,10H,4-9,11,20H2,1H3. The van der Waals surface area contributed by atoms with Crippen LogP contribution in [-0.4, -0.2) is 29.4 Å². The van der Waals surface area contributed by atoms with Crippen LogP contribution in [0.25, 0.3) is 11.0 Å². The monoisotopic (exact) mass is 331 g/mol. The first-order valence-corrected chi connectivity index (χ1v) is 8.44. The third kappa shape index (κ3) is 2.63. The van der Waals surface area contributed by atoms with E-state index in [9.17, 15) is 4.39 Å². The molecule has 5 rings (SSSR count). The van der Waals surface area contributed by atoms with E-state index in [1.807, 2.05) is 6.07 Å². The zero-order valence-electron chi connectivity index (χ0n) is 13.8. The number of aryl methyl sites for hydroxylation is 1. The largest absolute Gasteiger partial charge is 0.481 e. The van der Waals surface area contributed by atoms with Gasteiger partial charge < -0.3 is 15.2 Å². The van der Waals surface area contributed by atoms with Crippen LogP contribution in [0.2, 0.25) is 0 Å². The van der Waals surface area contributed by atoms with Crippen LogP contribution >= 0.6 is 0 Å². The molecule has 24 heavy (non-hydrogen) atoms. The molecule has 128 valence electrons. The maximum atomic E-state index is 14.4. The lowest BCUT2D eigenvalue weighted by Crippen LogP contribution is -2.56. The summed E-state index contributed by atoms with van der Waals surface area (Å²) in [5.74, 6) is 0.168. The van der Waals surface area contributed by atoms with Gasteiger partial charge in [0.25, 0.3) is 0 Å². The van der Waals surface area contributed by atoms with E-state index in [0.717, 1.165) is 32.1 Å². The lowest BCUT2D eigenvalue weighted by molar-refractivity contribution is -0.182. The fraction of sp³-hybridized carbons (Fsp3) is 0.556. The van der Waals surface area contributed by atoms with E-state index in [4.69, 9.17) is 15.2 Å². The molecule has 1 aliphatic carbocycles. The average molecular weight is 331 g/mol. The normalized spacial score (nSPS) is 29.1. The number of pyridine rings is 2. The van der Waals surface area contributed by atoms with Crippen molar-refractivity contribution in [3.63, 3.8) is 0 Å². The Morgan fingerprint density at radius 1 is 1.29 bits per heavy atom. The Hall–Kier alpha value is -1.79. The van der Waals surface area contributed by atoms with Crippen LogP contribution in [0.4, 0.5) is 4.39 Å². The molecule has 2 aliphatic heterocycles. The predicted molar refractivity (Wildman–Crippen MR) is 88.1 cm³/mol. The van der Waals surface area contributed by atoms with Gasteiger partial charge >= 0.3 is 0 Å². The summed E-state index contributed by atoms with van der Waals surface area (Å²) >= 11 is 0. The van der Waals surface area contributed by atoms with E-state index >= 15 is 0 Å². The van der Waals surface area contributed by atoms with Crippen molar-refractivity contribution in [2.24, 2.45) is 11.1 Å². The van der Waals surface area contributed by atoms with Gasteiger partial charge in [0.1, 0.15) is 11.5 Å². The summed E-state index contributed by atoms with van der Waals surface area (Å²) < 4.78 is 25.4. The highest BCUT2D eigenvalue weighted by molar-refractivity contribution is 5.78. The number of methoxy groups -OCH3 is 1. The molecule has 0 amide bonds. The molecule has 0 spiro atoms. The molecule has 2 N–H and O–H groups in total. The van der Waals surface area contributed by atoms with Gasteiger partial charge in [0.2, 0.25) is 5.88 Å². The van der Waals surface area contributed by atoms with Crippen molar-refractivity contribution in [1.82, 2.24) is 9.97 Å². The van der Waals surface area contributed by atoms with Crippen LogP contribution < -0.4 is 10.5 Å². The Labute approximate surface area is 140 Å². The van der Waals surface area contributed by atoms with Crippen LogP contribution in [0.15, 0.2) is 18.3 Å². The van der Waals surface area contributed by atoms with Crippen molar-refractivity contribution in [1.29, 1.82) is 0 Å². The lowest BCUT2D eigenvalue weighted by Gasteiger charge is -2.51. The Morgan fingerprint density at radius 3 is 2.75 bits per heavy atom. The first-order valence-electron chi connectivity index (χ1n) is 8.44. The smallest absolute Gasteiger partial charge is 0.213 e. The summed E-state index contributed by atoms with van der Waals surface area (Å²) in [6.45, 7) is 0.672. The number of aromatic nitrogens is 2. The van der Waals surface area contributed by atoms with Gasteiger partial charge in [-0.3, -0.25) is 4.98 Å². The first kappa shape index (κ1) is 15.7. The molecule has 2 aromatic heterocycles. The molecule has 3 aliphatic rings. The average Bonchev–Trinajstić information content (AvgIpc) is 2.62. The highest BCUT2D eigenvalue weighted by atomic mass is 19.1. The zero-order chi connectivity index (χ0) is 16.8. The number of fused-ring (bicyclic) bond motifs is 4. The van der Waals surface area contributed by atoms with E-state index in [-0.39, 0.29) is 11.2 Å². The number of nitrogens with two attached hydrogens (primary N) is 1. The van der Waals surface area contributed by atoms with E-state index in [2.05, 4.69) is 9.97 Å². The summed E-state index contributed by atoms with van der Waals surface area (Å²) in [6.07, 6.45) is 6.64. The van der Waals surface area contributed by atoms with Crippen molar-refractivity contribution < 1.29 is 13.9 Å². The van der Waals surface area contributed by atoms with Crippen LogP contribution in [0.3, 0.4) is 0 Å². The number of ether oxygens (including phenoxy) is 2. The minimum Gasteiger partial charge on any atom is -0.481 e. The van der Waals surface area contributed by atoms with Gasteiger partial charge in [0.05, 0.1) is 30.9 Å². The topological polar surface area (TPSA) is 70.3 Å². The number of rotatable bonds is 4. The molecule has 0 aromatic carbocycles. The minimum atomic E-state index is -0.425. The molecule has 1 saturated carbocycles. The lowest BCUT2D eigenvalue weighted by atomic mass is 9.66. The first-order chi connectivity index (χ1) is 11.5. The number of halogens is 1. The zero-order valence-corrected chi connectivity index (χ0v) is 13.8. The van der Waals surface area contributed by atoms with E-state index in [0.29, 0.717) is 35.5 Å². The van der Waals surface area contributed by atoms with Crippen molar-refractivity contribution in [3.05, 3.63) is 29.7 Å². The van der Waals surface area contributed by atoms with Gasteiger partial charge in [0, 0.05) is 11.6 Å². The second-order valence-electron chi connectivity index (χ2n) is 7.16. The fourth-order valence-electron chi connectivity index (χ4n) is 3.93. The Bertz CT molecular complexity index is 756. The maximum Gasteiger partial charge on any atom is 0.213 e. The molecule has 2 saturated heterocycles. The molecular formula is C18H22FN3O2. The van der Waals surface area contributed by atoms with Crippen molar-refractivity contribution in [2.75, 3.05) is 13.7 Å². The molecular weight excluding hydrogens is 309 g/mol. The molecule has 0 radical (unpaired) electrons. The van der Waals surface area contributed by atoms with E-state index in [1.165, 1.54) is 6.20 Å². The van der Waals surface area contributed by atoms with Gasteiger partial charge in [0.15, 0.2) is 0 Å². The van der Waals surface area contributed by atoms with Crippen molar-refractivity contribution in [2.45, 2.75) is 44.2 Å².